The molecule has 2 aromatic rings. The molecule has 0 aromatic heterocycles. The van der Waals surface area contributed by atoms with Crippen molar-refractivity contribution >= 4 is 21.9 Å². The molecule has 1 atom stereocenters. The smallest absolute Gasteiger partial charge is 0.338 e. The van der Waals surface area contributed by atoms with Crippen LogP contribution in [0.25, 0.3) is 0 Å². The first-order chi connectivity index (χ1) is 15.8. The first kappa shape index (κ1) is 24.4. The van der Waals surface area contributed by atoms with Gasteiger partial charge >= 0.3 is 5.97 Å². The molecule has 1 aliphatic rings. The molecule has 3 rings (SSSR count). The molecular formula is C23H24FN3O5S. The van der Waals surface area contributed by atoms with Gasteiger partial charge in [0.05, 0.1) is 23.1 Å². The molecule has 0 radical (unpaired) electrons. The lowest BCUT2D eigenvalue weighted by Gasteiger charge is -2.31. The maximum atomic E-state index is 14.0. The Bertz CT molecular complexity index is 1150. The molecule has 1 saturated heterocycles. The molecule has 1 unspecified atom stereocenters. The summed E-state index contributed by atoms with van der Waals surface area (Å²) in [6.07, 6.45) is 0.531. The highest BCUT2D eigenvalue weighted by Crippen LogP contribution is 2.25. The standard InChI is InChI=1S/C23H24FN3O5S/c1-2-32-23(29)17-7-9-18(10-8-17)33(30,31)27-13-11-16(12-14-27)22(28)26-21(15-25)19-5-3-4-6-20(19)24/h3-10,16,21H,2,11-14H2,1H3,(H,26,28). The number of benzene rings is 2. The maximum absolute atomic E-state index is 14.0. The number of nitrogens with one attached hydrogen (secondary N) is 1. The minimum absolute atomic E-state index is 0.0440. The van der Waals surface area contributed by atoms with Crippen molar-refractivity contribution < 1.29 is 27.1 Å². The molecule has 2 aromatic carbocycles. The third-order valence-corrected chi connectivity index (χ3v) is 7.37. The van der Waals surface area contributed by atoms with E-state index in [1.807, 2.05) is 6.07 Å². The van der Waals surface area contributed by atoms with Gasteiger partial charge in [-0.25, -0.2) is 17.6 Å². The second-order valence-electron chi connectivity index (χ2n) is 7.52. The summed E-state index contributed by atoms with van der Waals surface area (Å²) in [4.78, 5) is 24.4. The van der Waals surface area contributed by atoms with Gasteiger partial charge in [0.2, 0.25) is 15.9 Å². The SMILES string of the molecule is CCOC(=O)c1ccc(S(=O)(=O)N2CCC(C(=O)NC(C#N)c3ccccc3F)CC2)cc1. The summed E-state index contributed by atoms with van der Waals surface area (Å²) in [6.45, 7) is 2.14. The van der Waals surface area contributed by atoms with E-state index in [0.29, 0.717) is 0 Å². The van der Waals surface area contributed by atoms with Gasteiger partial charge in [-0.1, -0.05) is 18.2 Å². The van der Waals surface area contributed by atoms with Crippen molar-refractivity contribution in [3.63, 3.8) is 0 Å². The molecule has 8 nitrogen and oxygen atoms in total. The van der Waals surface area contributed by atoms with Crippen LogP contribution in [-0.4, -0.2) is 44.3 Å². The summed E-state index contributed by atoms with van der Waals surface area (Å²) >= 11 is 0. The number of esters is 1. The molecule has 10 heteroatoms. The third-order valence-electron chi connectivity index (χ3n) is 5.46. The van der Waals surface area contributed by atoms with Crippen LogP contribution < -0.4 is 5.32 Å². The predicted octanol–water partition coefficient (Wildman–Crippen LogP) is 2.78. The molecule has 1 fully saturated rings. The monoisotopic (exact) mass is 473 g/mol. The number of piperidine rings is 1. The highest BCUT2D eigenvalue weighted by atomic mass is 32.2. The highest BCUT2D eigenvalue weighted by molar-refractivity contribution is 7.89. The molecular weight excluding hydrogens is 449 g/mol. The molecule has 0 bridgehead atoms. The van der Waals surface area contributed by atoms with Gasteiger partial charge in [0.15, 0.2) is 0 Å². The summed E-state index contributed by atoms with van der Waals surface area (Å²) in [5.74, 6) is -2.02. The number of sulfonamides is 1. The summed E-state index contributed by atoms with van der Waals surface area (Å²) in [6, 6.07) is 12.0. The number of carbonyl (C=O) groups excluding carboxylic acids is 2. The van der Waals surface area contributed by atoms with Crippen LogP contribution in [0.1, 0.15) is 41.7 Å². The van der Waals surface area contributed by atoms with Crippen molar-refractivity contribution in [2.24, 2.45) is 5.92 Å². The number of amides is 1. The van der Waals surface area contributed by atoms with Crippen LogP contribution in [0.4, 0.5) is 4.39 Å². The Morgan fingerprint density at radius 2 is 1.82 bits per heavy atom. The Labute approximate surface area is 192 Å². The van der Waals surface area contributed by atoms with Crippen LogP contribution in [0.15, 0.2) is 53.4 Å². The van der Waals surface area contributed by atoms with Crippen LogP contribution in [0.5, 0.6) is 0 Å². The zero-order chi connectivity index (χ0) is 24.0. The van der Waals surface area contributed by atoms with Gasteiger partial charge in [-0.3, -0.25) is 4.79 Å². The van der Waals surface area contributed by atoms with Crippen LogP contribution >= 0.6 is 0 Å². The van der Waals surface area contributed by atoms with Gasteiger partial charge in [-0.05, 0) is 50.1 Å². The van der Waals surface area contributed by atoms with Crippen molar-refractivity contribution in [3.8, 4) is 6.07 Å². The Hall–Kier alpha value is -3.29. The zero-order valence-electron chi connectivity index (χ0n) is 18.0. The molecule has 1 heterocycles. The first-order valence-electron chi connectivity index (χ1n) is 10.5. The van der Waals surface area contributed by atoms with Gasteiger partial charge in [-0.15, -0.1) is 0 Å². The number of hydrogen-bond donors (Lipinski definition) is 1. The zero-order valence-corrected chi connectivity index (χ0v) is 18.8. The average molecular weight is 474 g/mol. The molecule has 0 aliphatic carbocycles. The van der Waals surface area contributed by atoms with Crippen molar-refractivity contribution in [3.05, 3.63) is 65.5 Å². The molecule has 0 spiro atoms. The topological polar surface area (TPSA) is 117 Å². The molecule has 1 aliphatic heterocycles. The van der Waals surface area contributed by atoms with E-state index in [2.05, 4.69) is 5.32 Å². The molecule has 1 N–H and O–H groups in total. The largest absolute Gasteiger partial charge is 0.462 e. The van der Waals surface area contributed by atoms with E-state index in [4.69, 9.17) is 4.74 Å². The van der Waals surface area contributed by atoms with Crippen molar-refractivity contribution in [2.45, 2.75) is 30.7 Å². The lowest BCUT2D eigenvalue weighted by molar-refractivity contribution is -0.126. The summed E-state index contributed by atoms with van der Waals surface area (Å²) in [5, 5.41) is 11.9. The Kier molecular flexibility index (Phi) is 7.79. The van der Waals surface area contributed by atoms with E-state index < -0.39 is 39.7 Å². The second-order valence-corrected chi connectivity index (χ2v) is 9.45. The lowest BCUT2D eigenvalue weighted by Crippen LogP contribution is -2.43. The van der Waals surface area contributed by atoms with E-state index in [-0.39, 0.29) is 48.6 Å². The fourth-order valence-corrected chi connectivity index (χ4v) is 5.10. The van der Waals surface area contributed by atoms with E-state index in [9.17, 15) is 27.7 Å². The number of nitriles is 1. The highest BCUT2D eigenvalue weighted by Gasteiger charge is 2.33. The van der Waals surface area contributed by atoms with Crippen LogP contribution in [0.3, 0.4) is 0 Å². The third kappa shape index (κ3) is 5.56. The molecule has 1 amide bonds. The van der Waals surface area contributed by atoms with Gasteiger partial charge in [0.1, 0.15) is 11.9 Å². The lowest BCUT2D eigenvalue weighted by atomic mass is 9.96. The minimum Gasteiger partial charge on any atom is -0.462 e. The van der Waals surface area contributed by atoms with Crippen molar-refractivity contribution in [1.29, 1.82) is 5.26 Å². The van der Waals surface area contributed by atoms with Crippen LogP contribution in [-0.2, 0) is 19.6 Å². The number of hydrogen-bond acceptors (Lipinski definition) is 6. The summed E-state index contributed by atoms with van der Waals surface area (Å²) in [7, 11) is -3.79. The van der Waals surface area contributed by atoms with Crippen molar-refractivity contribution in [1.82, 2.24) is 9.62 Å². The van der Waals surface area contributed by atoms with Crippen LogP contribution in [0.2, 0.25) is 0 Å². The number of halogens is 1. The molecule has 33 heavy (non-hydrogen) atoms. The van der Waals surface area contributed by atoms with E-state index in [0.717, 1.165) is 0 Å². The van der Waals surface area contributed by atoms with Gasteiger partial charge in [-0.2, -0.15) is 9.57 Å². The van der Waals surface area contributed by atoms with Crippen molar-refractivity contribution in [2.75, 3.05) is 19.7 Å². The number of rotatable bonds is 7. The Balaban J connectivity index is 1.61. The molecule has 174 valence electrons. The van der Waals surface area contributed by atoms with Gasteiger partial charge in [0, 0.05) is 24.6 Å². The molecule has 0 saturated carbocycles. The maximum Gasteiger partial charge on any atom is 0.338 e. The number of carbonyl (C=O) groups is 2. The van der Waals surface area contributed by atoms with Gasteiger partial charge < -0.3 is 10.1 Å². The number of ether oxygens (including phenoxy) is 1. The normalized spacial score (nSPS) is 15.9. The summed E-state index contributed by atoms with van der Waals surface area (Å²) in [5.41, 5.74) is 0.340. The quantitative estimate of drug-likeness (QED) is 0.618. The van der Waals surface area contributed by atoms with E-state index in [1.165, 1.54) is 46.8 Å². The Morgan fingerprint density at radius 3 is 2.39 bits per heavy atom. The van der Waals surface area contributed by atoms with Gasteiger partial charge in [0.25, 0.3) is 0 Å². The number of nitrogens with zero attached hydrogens (tertiary/aromatic N) is 2. The fraction of sp³-hybridized carbons (Fsp3) is 0.348. The minimum atomic E-state index is -3.79. The summed E-state index contributed by atoms with van der Waals surface area (Å²) < 4.78 is 46.0. The van der Waals surface area contributed by atoms with E-state index in [1.54, 1.807) is 13.0 Å². The first-order valence-corrected chi connectivity index (χ1v) is 11.9. The fourth-order valence-electron chi connectivity index (χ4n) is 3.63. The van der Waals surface area contributed by atoms with E-state index >= 15 is 0 Å². The van der Waals surface area contributed by atoms with Crippen LogP contribution in [0, 0.1) is 23.1 Å². The predicted molar refractivity (Wildman–Crippen MR) is 117 cm³/mol. The second kappa shape index (κ2) is 10.6. The average Bonchev–Trinajstić information content (AvgIpc) is 2.83. The Morgan fingerprint density at radius 1 is 1.18 bits per heavy atom.